The Morgan fingerprint density at radius 3 is 2.79 bits per heavy atom. The van der Waals surface area contributed by atoms with Crippen LogP contribution in [0.1, 0.15) is 18.4 Å². The average Bonchev–Trinajstić information content (AvgIpc) is 2.17. The lowest BCUT2D eigenvalue weighted by Crippen LogP contribution is -1.96. The van der Waals surface area contributed by atoms with Crippen LogP contribution in [0.4, 0.5) is 5.69 Å². The first-order valence-corrected chi connectivity index (χ1v) is 5.21. The van der Waals surface area contributed by atoms with Crippen molar-refractivity contribution in [2.24, 2.45) is 0 Å². The van der Waals surface area contributed by atoms with E-state index >= 15 is 0 Å². The summed E-state index contributed by atoms with van der Waals surface area (Å²) in [6, 6.07) is 4.45. The summed E-state index contributed by atoms with van der Waals surface area (Å²) in [6.45, 7) is 1.95. The number of halogens is 1. The molecule has 0 aromatic heterocycles. The maximum Gasteiger partial charge on any atom is 0.310 e. The van der Waals surface area contributed by atoms with Gasteiger partial charge in [0.25, 0.3) is 0 Å². The fraction of sp³-hybridized carbons (Fsp3) is 0.333. The number of hydrogen-bond acceptors (Lipinski definition) is 3. The van der Waals surface area contributed by atoms with Crippen molar-refractivity contribution in [3.05, 3.63) is 33.9 Å². The molecule has 1 aromatic rings. The Balaban J connectivity index is 3.12. The van der Waals surface area contributed by atoms with Crippen molar-refractivity contribution in [2.75, 3.05) is 5.33 Å². The Hall–Kier alpha value is -1.10. The zero-order valence-corrected chi connectivity index (χ0v) is 9.19. The van der Waals surface area contributed by atoms with Gasteiger partial charge in [-0.1, -0.05) is 28.9 Å². The van der Waals surface area contributed by atoms with Gasteiger partial charge >= 0.3 is 5.69 Å². The molecule has 0 saturated carbocycles. The van der Waals surface area contributed by atoms with Crippen molar-refractivity contribution < 1.29 is 10.0 Å². The SMILES string of the molecule is CC(CBr)c1ccc(O)c([N+](=O)[O-])c1. The molecular formula is C9H10BrNO3. The van der Waals surface area contributed by atoms with Crippen LogP contribution in [0.5, 0.6) is 5.75 Å². The van der Waals surface area contributed by atoms with Gasteiger partial charge in [-0.05, 0) is 17.5 Å². The molecule has 0 bridgehead atoms. The molecule has 1 N–H and O–H groups in total. The molecule has 0 heterocycles. The minimum atomic E-state index is -0.584. The first-order valence-electron chi connectivity index (χ1n) is 4.09. The molecule has 1 rings (SSSR count). The Morgan fingerprint density at radius 1 is 1.64 bits per heavy atom. The lowest BCUT2D eigenvalue weighted by Gasteiger charge is -2.07. The van der Waals surface area contributed by atoms with Crippen LogP contribution in [-0.4, -0.2) is 15.4 Å². The van der Waals surface area contributed by atoms with Crippen LogP contribution in [0, 0.1) is 10.1 Å². The van der Waals surface area contributed by atoms with E-state index < -0.39 is 4.92 Å². The quantitative estimate of drug-likeness (QED) is 0.516. The van der Waals surface area contributed by atoms with Crippen LogP contribution in [0.15, 0.2) is 18.2 Å². The summed E-state index contributed by atoms with van der Waals surface area (Å²) in [5.41, 5.74) is 0.599. The van der Waals surface area contributed by atoms with Crippen LogP contribution < -0.4 is 0 Å². The molecule has 0 aliphatic rings. The van der Waals surface area contributed by atoms with E-state index in [9.17, 15) is 15.2 Å². The molecule has 0 fully saturated rings. The Labute approximate surface area is 89.8 Å². The van der Waals surface area contributed by atoms with Gasteiger partial charge in [-0.25, -0.2) is 0 Å². The molecule has 14 heavy (non-hydrogen) atoms. The zero-order chi connectivity index (χ0) is 10.7. The highest BCUT2D eigenvalue weighted by molar-refractivity contribution is 9.09. The molecule has 0 amide bonds. The Kier molecular flexibility index (Phi) is 3.46. The van der Waals surface area contributed by atoms with Gasteiger partial charge < -0.3 is 5.11 Å². The van der Waals surface area contributed by atoms with Gasteiger partial charge in [0.1, 0.15) is 0 Å². The second-order valence-corrected chi connectivity index (χ2v) is 3.71. The summed E-state index contributed by atoms with van der Waals surface area (Å²) in [5, 5.41) is 20.5. The molecule has 0 spiro atoms. The van der Waals surface area contributed by atoms with Gasteiger partial charge in [0.2, 0.25) is 0 Å². The molecule has 1 atom stereocenters. The molecule has 1 aromatic carbocycles. The van der Waals surface area contributed by atoms with E-state index in [1.54, 1.807) is 6.07 Å². The van der Waals surface area contributed by atoms with E-state index in [0.717, 1.165) is 10.9 Å². The highest BCUT2D eigenvalue weighted by atomic mass is 79.9. The summed E-state index contributed by atoms with van der Waals surface area (Å²) in [7, 11) is 0. The van der Waals surface area contributed by atoms with Crippen LogP contribution in [0.2, 0.25) is 0 Å². The number of aromatic hydroxyl groups is 1. The molecule has 0 radical (unpaired) electrons. The number of alkyl halides is 1. The number of rotatable bonds is 3. The number of phenols is 1. The molecule has 0 aliphatic heterocycles. The van der Waals surface area contributed by atoms with E-state index in [1.807, 2.05) is 6.92 Å². The lowest BCUT2D eigenvalue weighted by atomic mass is 10.0. The van der Waals surface area contributed by atoms with Gasteiger partial charge in [-0.15, -0.1) is 0 Å². The van der Waals surface area contributed by atoms with Crippen molar-refractivity contribution in [3.8, 4) is 5.75 Å². The number of benzene rings is 1. The van der Waals surface area contributed by atoms with Gasteiger partial charge in [-0.2, -0.15) is 0 Å². The second-order valence-electron chi connectivity index (χ2n) is 3.06. The monoisotopic (exact) mass is 259 g/mol. The maximum absolute atomic E-state index is 10.5. The third-order valence-electron chi connectivity index (χ3n) is 2.00. The highest BCUT2D eigenvalue weighted by Gasteiger charge is 2.15. The van der Waals surface area contributed by atoms with Gasteiger partial charge in [-0.3, -0.25) is 10.1 Å². The average molecular weight is 260 g/mol. The molecule has 0 aliphatic carbocycles. The smallest absolute Gasteiger partial charge is 0.310 e. The molecule has 4 nitrogen and oxygen atoms in total. The summed E-state index contributed by atoms with van der Waals surface area (Å²) in [6.07, 6.45) is 0. The van der Waals surface area contributed by atoms with Crippen molar-refractivity contribution >= 4 is 21.6 Å². The van der Waals surface area contributed by atoms with Crippen LogP contribution >= 0.6 is 15.9 Å². The minimum Gasteiger partial charge on any atom is -0.502 e. The zero-order valence-electron chi connectivity index (χ0n) is 7.61. The van der Waals surface area contributed by atoms with E-state index in [-0.39, 0.29) is 17.4 Å². The third kappa shape index (κ3) is 2.23. The highest BCUT2D eigenvalue weighted by Crippen LogP contribution is 2.29. The largest absolute Gasteiger partial charge is 0.502 e. The molecule has 76 valence electrons. The minimum absolute atomic E-state index is 0.189. The van der Waals surface area contributed by atoms with Crippen molar-refractivity contribution in [2.45, 2.75) is 12.8 Å². The molecule has 0 saturated heterocycles. The number of nitrogens with zero attached hydrogens (tertiary/aromatic N) is 1. The third-order valence-corrected chi connectivity index (χ3v) is 2.97. The van der Waals surface area contributed by atoms with Crippen molar-refractivity contribution in [1.29, 1.82) is 0 Å². The second kappa shape index (κ2) is 4.41. The summed E-state index contributed by atoms with van der Waals surface area (Å²) < 4.78 is 0. The topological polar surface area (TPSA) is 63.4 Å². The number of hydrogen-bond donors (Lipinski definition) is 1. The van der Waals surface area contributed by atoms with Crippen molar-refractivity contribution in [3.63, 3.8) is 0 Å². The maximum atomic E-state index is 10.5. The van der Waals surface area contributed by atoms with E-state index in [1.165, 1.54) is 12.1 Å². The van der Waals surface area contributed by atoms with Gasteiger partial charge in [0, 0.05) is 11.4 Å². The van der Waals surface area contributed by atoms with E-state index in [2.05, 4.69) is 15.9 Å². The predicted octanol–water partition coefficient (Wildman–Crippen LogP) is 2.80. The van der Waals surface area contributed by atoms with Crippen molar-refractivity contribution in [1.82, 2.24) is 0 Å². The van der Waals surface area contributed by atoms with Gasteiger partial charge in [0.05, 0.1) is 4.92 Å². The summed E-state index contributed by atoms with van der Waals surface area (Å²) in [5.74, 6) is -0.102. The number of nitro benzene ring substituents is 1. The Morgan fingerprint density at radius 2 is 2.29 bits per heavy atom. The van der Waals surface area contributed by atoms with E-state index in [4.69, 9.17) is 0 Å². The fourth-order valence-corrected chi connectivity index (χ4v) is 1.46. The fourth-order valence-electron chi connectivity index (χ4n) is 1.08. The van der Waals surface area contributed by atoms with Gasteiger partial charge in [0.15, 0.2) is 5.75 Å². The van der Waals surface area contributed by atoms with Crippen LogP contribution in [0.3, 0.4) is 0 Å². The van der Waals surface area contributed by atoms with Crippen LogP contribution in [0.25, 0.3) is 0 Å². The molecule has 1 unspecified atom stereocenters. The van der Waals surface area contributed by atoms with Crippen LogP contribution in [-0.2, 0) is 0 Å². The summed E-state index contributed by atoms with van der Waals surface area (Å²) in [4.78, 5) is 9.94. The standard InChI is InChI=1S/C9H10BrNO3/c1-6(5-10)7-2-3-9(12)8(4-7)11(13)14/h2-4,6,12H,5H2,1H3. The summed E-state index contributed by atoms with van der Waals surface area (Å²) >= 11 is 3.30. The molecular weight excluding hydrogens is 250 g/mol. The number of phenolic OH excluding ortho intramolecular Hbond substituents is 1. The lowest BCUT2D eigenvalue weighted by molar-refractivity contribution is -0.385. The first-order chi connectivity index (χ1) is 6.56. The normalized spacial score (nSPS) is 12.4. The Bertz CT molecular complexity index is 354. The molecule has 5 heteroatoms. The first kappa shape index (κ1) is 11.0. The predicted molar refractivity (Wildman–Crippen MR) is 57.0 cm³/mol. The van der Waals surface area contributed by atoms with E-state index in [0.29, 0.717) is 0 Å². The number of nitro groups is 1.